The van der Waals surface area contributed by atoms with Gasteiger partial charge in [0.15, 0.2) is 0 Å². The summed E-state index contributed by atoms with van der Waals surface area (Å²) in [6.07, 6.45) is 0. The molecule has 3 aromatic rings. The zero-order valence-electron chi connectivity index (χ0n) is 15.1. The van der Waals surface area contributed by atoms with Gasteiger partial charge in [0.05, 0.1) is 11.5 Å². The van der Waals surface area contributed by atoms with E-state index in [4.69, 9.17) is 15.8 Å². The van der Waals surface area contributed by atoms with Gasteiger partial charge in [-0.3, -0.25) is 0 Å². The van der Waals surface area contributed by atoms with E-state index in [0.717, 1.165) is 39.8 Å². The van der Waals surface area contributed by atoms with Gasteiger partial charge in [0.1, 0.15) is 0 Å². The molecule has 0 radical (unpaired) electrons. The van der Waals surface area contributed by atoms with Gasteiger partial charge in [-0.15, -0.1) is 0 Å². The Kier molecular flexibility index (Phi) is 7.12. The molecule has 0 fully saturated rings. The van der Waals surface area contributed by atoms with Crippen LogP contribution < -0.4 is 0 Å². The summed E-state index contributed by atoms with van der Waals surface area (Å²) in [5, 5.41) is 0. The second-order valence-corrected chi connectivity index (χ2v) is 12.5. The number of thioether (sulfide) groups is 1. The maximum atomic E-state index is 13.4. The maximum Gasteiger partial charge on any atom is 0.270 e. The molecule has 0 heterocycles. The topological polar surface area (TPSA) is 43.4 Å². The molecule has 3 rings (SSSR count). The second-order valence-electron chi connectivity index (χ2n) is 6.04. The van der Waals surface area contributed by atoms with Crippen molar-refractivity contribution in [3.05, 3.63) is 96.1 Å². The lowest BCUT2D eigenvalue weighted by Crippen LogP contribution is -2.26. The first-order valence-electron chi connectivity index (χ1n) is 8.49. The van der Waals surface area contributed by atoms with Crippen molar-refractivity contribution in [1.82, 2.24) is 0 Å². The number of halogens is 1. The summed E-state index contributed by atoms with van der Waals surface area (Å²) < 4.78 is 30.6. The van der Waals surface area contributed by atoms with Crippen LogP contribution in [0, 0.1) is 6.92 Å². The number of hydrogen-bond acceptors (Lipinski definition) is 5. The summed E-state index contributed by atoms with van der Waals surface area (Å²) >= 11 is 8.53. The van der Waals surface area contributed by atoms with Crippen LogP contribution in [0.25, 0.3) is 0 Å². The van der Waals surface area contributed by atoms with Crippen molar-refractivity contribution >= 4 is 45.2 Å². The normalized spacial score (nSPS) is 13.8. The molecule has 7 heteroatoms. The first-order valence-corrected chi connectivity index (χ1v) is 11.9. The predicted octanol–water partition coefficient (Wildman–Crippen LogP) is 6.28. The molecule has 0 saturated carbocycles. The second kappa shape index (κ2) is 9.37. The van der Waals surface area contributed by atoms with Crippen LogP contribution in [0.5, 0.6) is 0 Å². The lowest BCUT2D eigenvalue weighted by molar-refractivity contribution is 0.364. The van der Waals surface area contributed by atoms with Gasteiger partial charge in [-0.25, -0.2) is 8.42 Å². The molecule has 0 N–H and O–H groups in total. The fraction of sp³-hybridized carbons (Fsp3) is 0.143. The highest BCUT2D eigenvalue weighted by molar-refractivity contribution is 8.32. The van der Waals surface area contributed by atoms with Gasteiger partial charge in [0.2, 0.25) is 9.84 Å². The first-order chi connectivity index (χ1) is 13.4. The largest absolute Gasteiger partial charge is 0.307 e. The maximum absolute atomic E-state index is 13.4. The van der Waals surface area contributed by atoms with Crippen LogP contribution in [-0.2, 0) is 20.6 Å². The molecule has 28 heavy (non-hydrogen) atoms. The van der Waals surface area contributed by atoms with Crippen molar-refractivity contribution < 1.29 is 12.6 Å². The number of alkyl halides is 1. The molecule has 0 aliphatic carbocycles. The number of sulfone groups is 1. The zero-order chi connectivity index (χ0) is 20.0. The molecule has 0 amide bonds. The molecule has 0 bridgehead atoms. The number of aryl methyl sites for hydroxylation is 1. The summed E-state index contributed by atoms with van der Waals surface area (Å²) in [7, 11) is -3.90. The molecule has 146 valence electrons. The minimum absolute atomic E-state index is 0.160. The molecule has 1 atom stereocenters. The summed E-state index contributed by atoms with van der Waals surface area (Å²) in [5.41, 5.74) is 1.91. The van der Waals surface area contributed by atoms with Gasteiger partial charge >= 0.3 is 0 Å². The van der Waals surface area contributed by atoms with Crippen molar-refractivity contribution in [2.75, 3.05) is 0 Å². The Morgan fingerprint density at radius 3 is 2.07 bits per heavy atom. The van der Waals surface area contributed by atoms with E-state index in [-0.39, 0.29) is 11.5 Å². The first kappa shape index (κ1) is 21.3. The SMILES string of the molecule is Cc1ccc(S(=O)(=O)[C@@](Cl)(SOCc2ccccc2)Sc2ccccc2)cc1. The molecule has 0 spiro atoms. The summed E-state index contributed by atoms with van der Waals surface area (Å²) in [5.74, 6) is 0. The fourth-order valence-electron chi connectivity index (χ4n) is 2.35. The average molecular weight is 451 g/mol. The lowest BCUT2D eigenvalue weighted by atomic mass is 10.2. The zero-order valence-corrected chi connectivity index (χ0v) is 18.3. The van der Waals surface area contributed by atoms with Crippen LogP contribution in [0.3, 0.4) is 0 Å². The smallest absolute Gasteiger partial charge is 0.270 e. The van der Waals surface area contributed by atoms with Gasteiger partial charge in [-0.05, 0) is 36.8 Å². The summed E-state index contributed by atoms with van der Waals surface area (Å²) in [6, 6.07) is 25.4. The van der Waals surface area contributed by atoms with Crippen molar-refractivity contribution in [1.29, 1.82) is 0 Å². The van der Waals surface area contributed by atoms with E-state index in [9.17, 15) is 8.42 Å². The van der Waals surface area contributed by atoms with Crippen LogP contribution in [0.15, 0.2) is 94.7 Å². The van der Waals surface area contributed by atoms with Crippen LogP contribution in [0.1, 0.15) is 11.1 Å². The Hall–Kier alpha value is -1.44. The Morgan fingerprint density at radius 2 is 1.46 bits per heavy atom. The summed E-state index contributed by atoms with van der Waals surface area (Å²) in [6.45, 7) is 2.15. The highest BCUT2D eigenvalue weighted by Gasteiger charge is 2.46. The molecule has 0 aromatic heterocycles. The molecule has 3 nitrogen and oxygen atoms in total. The Labute approximate surface area is 179 Å². The number of hydrogen-bond donors (Lipinski definition) is 0. The van der Waals surface area contributed by atoms with Crippen molar-refractivity contribution in [3.8, 4) is 0 Å². The van der Waals surface area contributed by atoms with E-state index >= 15 is 0 Å². The molecule has 0 aliphatic heterocycles. The van der Waals surface area contributed by atoms with Crippen molar-refractivity contribution in [3.63, 3.8) is 0 Å². The van der Waals surface area contributed by atoms with E-state index in [1.165, 1.54) is 0 Å². The van der Waals surface area contributed by atoms with Gasteiger partial charge in [-0.1, -0.05) is 89.6 Å². The van der Waals surface area contributed by atoms with Crippen LogP contribution in [0.4, 0.5) is 0 Å². The number of rotatable bonds is 8. The minimum Gasteiger partial charge on any atom is -0.307 e. The van der Waals surface area contributed by atoms with Gasteiger partial charge in [0, 0.05) is 16.9 Å². The van der Waals surface area contributed by atoms with Crippen LogP contribution in [0.2, 0.25) is 0 Å². The Morgan fingerprint density at radius 1 is 0.893 bits per heavy atom. The van der Waals surface area contributed by atoms with Crippen LogP contribution in [-0.4, -0.2) is 11.3 Å². The van der Waals surface area contributed by atoms with Gasteiger partial charge in [0.25, 0.3) is 2.87 Å². The van der Waals surface area contributed by atoms with Crippen molar-refractivity contribution in [2.24, 2.45) is 0 Å². The molecule has 0 unspecified atom stereocenters. The monoisotopic (exact) mass is 450 g/mol. The van der Waals surface area contributed by atoms with Crippen LogP contribution >= 0.6 is 35.4 Å². The van der Waals surface area contributed by atoms with E-state index in [1.54, 1.807) is 24.3 Å². The fourth-order valence-corrected chi connectivity index (χ4v) is 7.08. The highest BCUT2D eigenvalue weighted by atomic mass is 35.5. The Bertz CT molecular complexity index is 994. The minimum atomic E-state index is -3.90. The molecular formula is C21H19ClO3S3. The Balaban J connectivity index is 1.87. The molecule has 0 saturated heterocycles. The third-order valence-corrected chi connectivity index (χ3v) is 9.84. The number of benzene rings is 3. The third kappa shape index (κ3) is 5.13. The van der Waals surface area contributed by atoms with Crippen molar-refractivity contribution in [2.45, 2.75) is 26.2 Å². The third-order valence-electron chi connectivity index (χ3n) is 3.86. The lowest BCUT2D eigenvalue weighted by Gasteiger charge is -2.25. The summed E-state index contributed by atoms with van der Waals surface area (Å²) in [4.78, 5) is 0.899. The molecular weight excluding hydrogens is 432 g/mol. The quantitative estimate of drug-likeness (QED) is 0.175. The van der Waals surface area contributed by atoms with E-state index < -0.39 is 12.7 Å². The van der Waals surface area contributed by atoms with E-state index in [1.807, 2.05) is 67.6 Å². The van der Waals surface area contributed by atoms with Gasteiger partial charge < -0.3 is 4.18 Å². The predicted molar refractivity (Wildman–Crippen MR) is 118 cm³/mol. The molecule has 0 aliphatic rings. The molecule has 3 aromatic carbocycles. The van der Waals surface area contributed by atoms with E-state index in [2.05, 4.69) is 0 Å². The standard InChI is InChI=1S/C21H19ClO3S3/c1-17-12-14-20(15-13-17)28(23,24)21(22,26-19-10-6-3-7-11-19)27-25-16-18-8-4-2-5-9-18/h2-15H,16H2,1H3/t21-/m1/s1. The van der Waals surface area contributed by atoms with Gasteiger partial charge in [-0.2, -0.15) is 0 Å². The van der Waals surface area contributed by atoms with E-state index in [0.29, 0.717) is 0 Å². The highest BCUT2D eigenvalue weighted by Crippen LogP contribution is 2.52. The average Bonchev–Trinajstić information content (AvgIpc) is 2.70.